The molecule has 116 valence electrons. The molecule has 5 heteroatoms. The minimum atomic E-state index is 0.0144. The minimum absolute atomic E-state index is 0.0144. The van der Waals surface area contributed by atoms with Crippen molar-refractivity contribution in [1.29, 1.82) is 0 Å². The summed E-state index contributed by atoms with van der Waals surface area (Å²) in [6.07, 6.45) is 2.44. The van der Waals surface area contributed by atoms with Gasteiger partial charge in [-0.2, -0.15) is 0 Å². The van der Waals surface area contributed by atoms with E-state index in [0.29, 0.717) is 24.7 Å². The van der Waals surface area contributed by atoms with Crippen LogP contribution in [0.5, 0.6) is 0 Å². The van der Waals surface area contributed by atoms with Crippen molar-refractivity contribution < 1.29 is 4.79 Å². The summed E-state index contributed by atoms with van der Waals surface area (Å²) in [4.78, 5) is 20.3. The van der Waals surface area contributed by atoms with Crippen LogP contribution in [0.2, 0.25) is 0 Å². The standard InChI is InChI=1S/C17H21N3OS/c1-12-19-15(16(22-12)14-5-3-2-4-6-14)17(21)20(10-9-18)11-13-7-8-13/h2-6,13H,7-11,18H2,1H3. The number of nitrogens with two attached hydrogens (primary N) is 1. The second kappa shape index (κ2) is 6.58. The fraction of sp³-hybridized carbons (Fsp3) is 0.412. The van der Waals surface area contributed by atoms with Crippen molar-refractivity contribution in [2.45, 2.75) is 19.8 Å². The number of rotatable bonds is 6. The molecule has 0 unspecified atom stereocenters. The molecule has 1 aliphatic rings. The zero-order valence-electron chi connectivity index (χ0n) is 12.8. The average molecular weight is 315 g/mol. The molecular formula is C17H21N3OS. The first-order valence-electron chi connectivity index (χ1n) is 7.71. The predicted molar refractivity (Wildman–Crippen MR) is 90.0 cm³/mol. The molecule has 0 saturated heterocycles. The van der Waals surface area contributed by atoms with Crippen molar-refractivity contribution >= 4 is 17.2 Å². The Morgan fingerprint density at radius 2 is 2.09 bits per heavy atom. The van der Waals surface area contributed by atoms with Crippen molar-refractivity contribution in [2.24, 2.45) is 11.7 Å². The highest BCUT2D eigenvalue weighted by Crippen LogP contribution is 2.33. The van der Waals surface area contributed by atoms with E-state index in [-0.39, 0.29) is 5.91 Å². The van der Waals surface area contributed by atoms with Gasteiger partial charge in [-0.05, 0) is 31.2 Å². The Morgan fingerprint density at radius 1 is 1.36 bits per heavy atom. The molecule has 22 heavy (non-hydrogen) atoms. The lowest BCUT2D eigenvalue weighted by Gasteiger charge is -2.21. The molecule has 0 spiro atoms. The van der Waals surface area contributed by atoms with Gasteiger partial charge < -0.3 is 10.6 Å². The Balaban J connectivity index is 1.90. The van der Waals surface area contributed by atoms with Gasteiger partial charge in [-0.3, -0.25) is 4.79 Å². The number of carbonyl (C=O) groups is 1. The van der Waals surface area contributed by atoms with Crippen molar-refractivity contribution in [1.82, 2.24) is 9.88 Å². The van der Waals surface area contributed by atoms with Gasteiger partial charge in [0.1, 0.15) is 5.69 Å². The number of benzene rings is 1. The quantitative estimate of drug-likeness (QED) is 0.891. The molecular weight excluding hydrogens is 294 g/mol. The lowest BCUT2D eigenvalue weighted by molar-refractivity contribution is 0.0748. The van der Waals surface area contributed by atoms with Gasteiger partial charge in [0, 0.05) is 19.6 Å². The highest BCUT2D eigenvalue weighted by atomic mass is 32.1. The molecule has 4 nitrogen and oxygen atoms in total. The molecule has 1 heterocycles. The number of hydrogen-bond donors (Lipinski definition) is 1. The van der Waals surface area contributed by atoms with Gasteiger partial charge in [0.05, 0.1) is 9.88 Å². The van der Waals surface area contributed by atoms with Crippen molar-refractivity contribution in [2.75, 3.05) is 19.6 Å². The number of amides is 1. The molecule has 0 radical (unpaired) electrons. The molecule has 1 aliphatic carbocycles. The molecule has 1 fully saturated rings. The van der Waals surface area contributed by atoms with Gasteiger partial charge >= 0.3 is 0 Å². The van der Waals surface area contributed by atoms with E-state index in [4.69, 9.17) is 5.73 Å². The van der Waals surface area contributed by atoms with Crippen molar-refractivity contribution in [3.8, 4) is 10.4 Å². The van der Waals surface area contributed by atoms with Crippen LogP contribution in [0.25, 0.3) is 10.4 Å². The summed E-state index contributed by atoms with van der Waals surface area (Å²) >= 11 is 1.58. The van der Waals surface area contributed by atoms with Gasteiger partial charge in [-0.25, -0.2) is 4.98 Å². The van der Waals surface area contributed by atoms with Crippen LogP contribution >= 0.6 is 11.3 Å². The normalized spacial score (nSPS) is 14.1. The summed E-state index contributed by atoms with van der Waals surface area (Å²) < 4.78 is 0. The van der Waals surface area contributed by atoms with Crippen LogP contribution < -0.4 is 5.73 Å². The van der Waals surface area contributed by atoms with Crippen molar-refractivity contribution in [3.05, 3.63) is 41.0 Å². The zero-order valence-corrected chi connectivity index (χ0v) is 13.6. The summed E-state index contributed by atoms with van der Waals surface area (Å²) in [5.41, 5.74) is 7.31. The van der Waals surface area contributed by atoms with Gasteiger partial charge in [0.2, 0.25) is 0 Å². The SMILES string of the molecule is Cc1nc(C(=O)N(CCN)CC2CC2)c(-c2ccccc2)s1. The van der Waals surface area contributed by atoms with E-state index < -0.39 is 0 Å². The van der Waals surface area contributed by atoms with Crippen LogP contribution in [-0.2, 0) is 0 Å². The maximum absolute atomic E-state index is 12.9. The molecule has 2 N–H and O–H groups in total. The lowest BCUT2D eigenvalue weighted by Crippen LogP contribution is -2.37. The molecule has 0 atom stereocenters. The van der Waals surface area contributed by atoms with Crippen LogP contribution in [0.3, 0.4) is 0 Å². The Kier molecular flexibility index (Phi) is 4.55. The van der Waals surface area contributed by atoms with Gasteiger partial charge in [0.15, 0.2) is 0 Å². The van der Waals surface area contributed by atoms with Crippen LogP contribution in [0.15, 0.2) is 30.3 Å². The van der Waals surface area contributed by atoms with E-state index in [2.05, 4.69) is 4.98 Å². The Hall–Kier alpha value is -1.72. The molecule has 2 aromatic rings. The van der Waals surface area contributed by atoms with Crippen LogP contribution in [0, 0.1) is 12.8 Å². The maximum Gasteiger partial charge on any atom is 0.274 e. The first-order chi connectivity index (χ1) is 10.7. The maximum atomic E-state index is 12.9. The molecule has 1 aromatic heterocycles. The highest BCUT2D eigenvalue weighted by Gasteiger charge is 2.29. The third-order valence-corrected chi connectivity index (χ3v) is 4.85. The van der Waals surface area contributed by atoms with E-state index in [1.165, 1.54) is 12.8 Å². The van der Waals surface area contributed by atoms with Crippen molar-refractivity contribution in [3.63, 3.8) is 0 Å². The fourth-order valence-corrected chi connectivity index (χ4v) is 3.47. The largest absolute Gasteiger partial charge is 0.336 e. The molecule has 0 aliphatic heterocycles. The molecule has 1 amide bonds. The Labute approximate surface area is 135 Å². The number of carbonyl (C=O) groups excluding carboxylic acids is 1. The number of aromatic nitrogens is 1. The van der Waals surface area contributed by atoms with Crippen LogP contribution in [-0.4, -0.2) is 35.4 Å². The average Bonchev–Trinajstić information content (AvgIpc) is 3.26. The fourth-order valence-electron chi connectivity index (χ4n) is 2.55. The van der Waals surface area contributed by atoms with E-state index in [0.717, 1.165) is 22.0 Å². The lowest BCUT2D eigenvalue weighted by atomic mass is 10.1. The van der Waals surface area contributed by atoms with E-state index in [1.54, 1.807) is 11.3 Å². The minimum Gasteiger partial charge on any atom is -0.336 e. The van der Waals surface area contributed by atoms with E-state index in [9.17, 15) is 4.79 Å². The third-order valence-electron chi connectivity index (χ3n) is 3.83. The monoisotopic (exact) mass is 315 g/mol. The summed E-state index contributed by atoms with van der Waals surface area (Å²) in [5, 5.41) is 0.918. The molecule has 0 bridgehead atoms. The second-order valence-electron chi connectivity index (χ2n) is 5.76. The smallest absolute Gasteiger partial charge is 0.274 e. The predicted octanol–water partition coefficient (Wildman–Crippen LogP) is 2.93. The number of nitrogens with zero attached hydrogens (tertiary/aromatic N) is 2. The number of thiazole rings is 1. The van der Waals surface area contributed by atoms with Crippen LogP contribution in [0.4, 0.5) is 0 Å². The summed E-state index contributed by atoms with van der Waals surface area (Å²) in [6.45, 7) is 3.84. The zero-order chi connectivity index (χ0) is 15.5. The summed E-state index contributed by atoms with van der Waals surface area (Å²) in [5.74, 6) is 0.663. The van der Waals surface area contributed by atoms with Gasteiger partial charge in [0.25, 0.3) is 5.91 Å². The van der Waals surface area contributed by atoms with E-state index >= 15 is 0 Å². The topological polar surface area (TPSA) is 59.2 Å². The number of aryl methyl sites for hydroxylation is 1. The second-order valence-corrected chi connectivity index (χ2v) is 6.96. The number of hydrogen-bond acceptors (Lipinski definition) is 4. The summed E-state index contributed by atoms with van der Waals surface area (Å²) in [6, 6.07) is 10.0. The van der Waals surface area contributed by atoms with Gasteiger partial charge in [-0.1, -0.05) is 30.3 Å². The molecule has 3 rings (SSSR count). The Bertz CT molecular complexity index is 649. The molecule has 1 aromatic carbocycles. The highest BCUT2D eigenvalue weighted by molar-refractivity contribution is 7.15. The third kappa shape index (κ3) is 3.36. The summed E-state index contributed by atoms with van der Waals surface area (Å²) in [7, 11) is 0. The Morgan fingerprint density at radius 3 is 2.73 bits per heavy atom. The van der Waals surface area contributed by atoms with Gasteiger partial charge in [-0.15, -0.1) is 11.3 Å². The first-order valence-corrected chi connectivity index (χ1v) is 8.53. The molecule has 1 saturated carbocycles. The van der Waals surface area contributed by atoms with Crippen LogP contribution in [0.1, 0.15) is 28.3 Å². The first kappa shape index (κ1) is 15.2. The van der Waals surface area contributed by atoms with E-state index in [1.807, 2.05) is 42.2 Å².